The van der Waals surface area contributed by atoms with Gasteiger partial charge in [-0.3, -0.25) is 0 Å². The summed E-state index contributed by atoms with van der Waals surface area (Å²) in [6, 6.07) is 0. The molecular weight excluding hydrogens is 166 g/mol. The second-order valence-corrected chi connectivity index (χ2v) is 3.67. The average Bonchev–Trinajstić information content (AvgIpc) is 2.07. The Morgan fingerprint density at radius 1 is 1.23 bits per heavy atom. The number of hydrogen-bond acceptors (Lipinski definition) is 3. The molecule has 1 aliphatic carbocycles. The van der Waals surface area contributed by atoms with Crippen LogP contribution in [-0.4, -0.2) is 23.7 Å². The van der Waals surface area contributed by atoms with E-state index in [-0.39, 0.29) is 6.10 Å². The van der Waals surface area contributed by atoms with Gasteiger partial charge in [-0.1, -0.05) is 6.42 Å². The minimum atomic E-state index is -0.799. The lowest BCUT2D eigenvalue weighted by Crippen LogP contribution is -2.36. The van der Waals surface area contributed by atoms with Gasteiger partial charge in [0, 0.05) is 12.8 Å². The molecule has 0 radical (unpaired) electrons. The summed E-state index contributed by atoms with van der Waals surface area (Å²) < 4.78 is 5.43. The predicted molar refractivity (Wildman–Crippen MR) is 54.1 cm³/mol. The van der Waals surface area contributed by atoms with Crippen molar-refractivity contribution in [2.75, 3.05) is 0 Å². The smallest absolute Gasteiger partial charge is 0.165 e. The topological polar surface area (TPSA) is 53.3 Å². The number of ether oxygens (including phenoxy) is 1. The van der Waals surface area contributed by atoms with Gasteiger partial charge in [0.2, 0.25) is 0 Å². The molecule has 2 N–H and O–H groups in total. The van der Waals surface area contributed by atoms with Gasteiger partial charge in [-0.25, -0.2) is 0 Å². The molecule has 0 aromatic carbocycles. The molecule has 0 heterocycles. The lowest BCUT2D eigenvalue weighted by atomic mass is 9.94. The van der Waals surface area contributed by atoms with Gasteiger partial charge in [0.15, 0.2) is 5.79 Å². The second-order valence-electron chi connectivity index (χ2n) is 3.67. The summed E-state index contributed by atoms with van der Waals surface area (Å²) in [5.74, 6) is -0.799. The van der Waals surface area contributed by atoms with Crippen molar-refractivity contribution in [3.05, 3.63) is 0 Å². The van der Waals surface area contributed by atoms with Crippen molar-refractivity contribution in [1.82, 2.24) is 0 Å². The molecule has 1 rings (SSSR count). The summed E-state index contributed by atoms with van der Waals surface area (Å²) in [6.45, 7) is 6.43. The van der Waals surface area contributed by atoms with Crippen molar-refractivity contribution in [3.8, 4) is 0 Å². The van der Waals surface area contributed by atoms with Gasteiger partial charge in [0.1, 0.15) is 0 Å². The molecule has 13 heavy (non-hydrogen) atoms. The normalized spacial score (nSPS) is 20.6. The Balaban J connectivity index is 0.000000671. The fourth-order valence-electron chi connectivity index (χ4n) is 1.66. The Morgan fingerprint density at radius 3 is 2.08 bits per heavy atom. The molecule has 0 saturated heterocycles. The zero-order chi connectivity index (χ0) is 10.3. The quantitative estimate of drug-likeness (QED) is 0.515. The van der Waals surface area contributed by atoms with Crippen LogP contribution in [0.3, 0.4) is 0 Å². The van der Waals surface area contributed by atoms with E-state index >= 15 is 0 Å². The Hall–Kier alpha value is -0.410. The van der Waals surface area contributed by atoms with E-state index in [0.717, 1.165) is 25.7 Å². The van der Waals surface area contributed by atoms with Gasteiger partial charge in [-0.15, -0.1) is 0 Å². The Labute approximate surface area is 80.6 Å². The van der Waals surface area contributed by atoms with Crippen molar-refractivity contribution in [3.63, 3.8) is 0 Å². The van der Waals surface area contributed by atoms with Gasteiger partial charge in [0.25, 0.3) is 0 Å². The maximum Gasteiger partial charge on any atom is 0.165 e. The SMILES string of the molecule is C=N.CC(C)OC1(O)CCCCC1. The summed E-state index contributed by atoms with van der Waals surface area (Å²) in [6.07, 6.45) is 5.20. The van der Waals surface area contributed by atoms with Gasteiger partial charge >= 0.3 is 0 Å². The highest BCUT2D eigenvalue weighted by Gasteiger charge is 2.30. The van der Waals surface area contributed by atoms with Crippen LogP contribution in [0.25, 0.3) is 0 Å². The standard InChI is InChI=1S/C9H18O2.CH3N/c1-8(2)11-9(10)6-4-3-5-7-9;1-2/h8,10H,3-7H2,1-2H3;2H,1H2. The average molecular weight is 187 g/mol. The van der Waals surface area contributed by atoms with E-state index in [4.69, 9.17) is 10.1 Å². The second kappa shape index (κ2) is 6.11. The first-order valence-electron chi connectivity index (χ1n) is 4.88. The van der Waals surface area contributed by atoms with Crippen LogP contribution >= 0.6 is 0 Å². The van der Waals surface area contributed by atoms with Crippen LogP contribution < -0.4 is 0 Å². The molecule has 1 fully saturated rings. The van der Waals surface area contributed by atoms with E-state index < -0.39 is 5.79 Å². The molecule has 78 valence electrons. The minimum absolute atomic E-state index is 0.137. The van der Waals surface area contributed by atoms with E-state index in [2.05, 4.69) is 6.72 Å². The largest absolute Gasteiger partial charge is 0.365 e. The summed E-state index contributed by atoms with van der Waals surface area (Å²) >= 11 is 0. The maximum atomic E-state index is 9.82. The van der Waals surface area contributed by atoms with Crippen LogP contribution in [0.1, 0.15) is 46.0 Å². The molecule has 0 aromatic heterocycles. The minimum Gasteiger partial charge on any atom is -0.365 e. The molecule has 1 saturated carbocycles. The molecule has 3 heteroatoms. The maximum absolute atomic E-state index is 9.82. The van der Waals surface area contributed by atoms with Crippen LogP contribution in [-0.2, 0) is 4.74 Å². The van der Waals surface area contributed by atoms with Crippen LogP contribution in [0, 0.1) is 5.41 Å². The van der Waals surface area contributed by atoms with Crippen LogP contribution in [0.4, 0.5) is 0 Å². The van der Waals surface area contributed by atoms with Crippen LogP contribution in [0.15, 0.2) is 0 Å². The Kier molecular flexibility index (Phi) is 5.91. The highest BCUT2D eigenvalue weighted by Crippen LogP contribution is 2.29. The van der Waals surface area contributed by atoms with E-state index in [1.165, 1.54) is 6.42 Å². The van der Waals surface area contributed by atoms with Crippen molar-refractivity contribution < 1.29 is 9.84 Å². The molecule has 0 atom stereocenters. The molecule has 0 aromatic rings. The molecule has 3 nitrogen and oxygen atoms in total. The van der Waals surface area contributed by atoms with Gasteiger partial charge in [-0.2, -0.15) is 0 Å². The van der Waals surface area contributed by atoms with E-state index in [9.17, 15) is 5.11 Å². The zero-order valence-electron chi connectivity index (χ0n) is 8.68. The number of rotatable bonds is 2. The highest BCUT2D eigenvalue weighted by atomic mass is 16.6. The van der Waals surface area contributed by atoms with Gasteiger partial charge in [0.05, 0.1) is 6.10 Å². The van der Waals surface area contributed by atoms with E-state index in [0.29, 0.717) is 0 Å². The number of aliphatic hydroxyl groups is 1. The third-order valence-corrected chi connectivity index (χ3v) is 2.09. The molecule has 0 unspecified atom stereocenters. The first kappa shape index (κ1) is 12.6. The van der Waals surface area contributed by atoms with E-state index in [1.807, 2.05) is 13.8 Å². The third-order valence-electron chi connectivity index (χ3n) is 2.09. The Bertz CT molecular complexity index is 131. The fraction of sp³-hybridized carbons (Fsp3) is 0.900. The lowest BCUT2D eigenvalue weighted by molar-refractivity contribution is -0.238. The van der Waals surface area contributed by atoms with Gasteiger partial charge in [-0.05, 0) is 33.4 Å². The van der Waals surface area contributed by atoms with Crippen molar-refractivity contribution in [1.29, 1.82) is 5.41 Å². The van der Waals surface area contributed by atoms with Crippen molar-refractivity contribution in [2.24, 2.45) is 0 Å². The Morgan fingerprint density at radius 2 is 1.69 bits per heavy atom. The summed E-state index contributed by atoms with van der Waals surface area (Å²) in [5.41, 5.74) is 0. The van der Waals surface area contributed by atoms with Crippen molar-refractivity contribution >= 4 is 6.72 Å². The summed E-state index contributed by atoms with van der Waals surface area (Å²) in [4.78, 5) is 0. The number of hydrogen-bond donors (Lipinski definition) is 2. The van der Waals surface area contributed by atoms with Crippen molar-refractivity contribution in [2.45, 2.75) is 57.8 Å². The van der Waals surface area contributed by atoms with E-state index in [1.54, 1.807) is 0 Å². The summed E-state index contributed by atoms with van der Waals surface area (Å²) in [7, 11) is 0. The molecule has 0 spiro atoms. The lowest BCUT2D eigenvalue weighted by Gasteiger charge is -2.33. The first-order valence-corrected chi connectivity index (χ1v) is 4.88. The van der Waals surface area contributed by atoms with Gasteiger partial charge < -0.3 is 15.3 Å². The predicted octanol–water partition coefficient (Wildman–Crippen LogP) is 2.33. The highest BCUT2D eigenvalue weighted by molar-refractivity contribution is 5.15. The molecule has 0 amide bonds. The fourth-order valence-corrected chi connectivity index (χ4v) is 1.66. The molecule has 0 aliphatic heterocycles. The molecule has 0 bridgehead atoms. The van der Waals surface area contributed by atoms with Crippen LogP contribution in [0.2, 0.25) is 0 Å². The third kappa shape index (κ3) is 5.01. The summed E-state index contributed by atoms with van der Waals surface area (Å²) in [5, 5.41) is 15.3. The molecule has 1 aliphatic rings. The first-order chi connectivity index (χ1) is 6.12. The molecular formula is C10H21NO2. The number of nitrogens with one attached hydrogen (secondary N) is 1. The van der Waals surface area contributed by atoms with Crippen LogP contribution in [0.5, 0.6) is 0 Å². The monoisotopic (exact) mass is 187 g/mol. The zero-order valence-corrected chi connectivity index (χ0v) is 8.68.